The Hall–Kier alpha value is -3.35. The highest BCUT2D eigenvalue weighted by Gasteiger charge is 2.30. The van der Waals surface area contributed by atoms with Gasteiger partial charge < -0.3 is 14.9 Å². The number of nitrogens with zero attached hydrogens (tertiary/aromatic N) is 5. The van der Waals surface area contributed by atoms with Crippen molar-refractivity contribution in [3.8, 4) is 17.3 Å². The van der Waals surface area contributed by atoms with Gasteiger partial charge in [0.15, 0.2) is 0 Å². The zero-order valence-electron chi connectivity index (χ0n) is 14.6. The molecular formula is C18H16F3N5O2. The monoisotopic (exact) mass is 391 g/mol. The second kappa shape index (κ2) is 7.72. The third-order valence-electron chi connectivity index (χ3n) is 4.39. The van der Waals surface area contributed by atoms with E-state index < -0.39 is 17.8 Å². The maximum Gasteiger partial charge on any atom is 0.416 e. The summed E-state index contributed by atoms with van der Waals surface area (Å²) in [5, 5.41) is 18.4. The summed E-state index contributed by atoms with van der Waals surface area (Å²) in [5.74, 6) is 0.218. The average Bonchev–Trinajstić information content (AvgIpc) is 2.93. The van der Waals surface area contributed by atoms with Crippen molar-refractivity contribution >= 4 is 11.9 Å². The molecule has 0 unspecified atom stereocenters. The van der Waals surface area contributed by atoms with Crippen LogP contribution in [-0.4, -0.2) is 52.2 Å². The Balaban J connectivity index is 1.95. The van der Waals surface area contributed by atoms with Crippen LogP contribution in [0.2, 0.25) is 0 Å². The number of rotatable bonds is 2. The van der Waals surface area contributed by atoms with E-state index in [1.165, 1.54) is 23.1 Å². The highest BCUT2D eigenvalue weighted by molar-refractivity contribution is 5.66. The normalized spacial score (nSPS) is 15.1. The van der Waals surface area contributed by atoms with Gasteiger partial charge in [0.05, 0.1) is 11.3 Å². The van der Waals surface area contributed by atoms with Gasteiger partial charge in [-0.3, -0.25) is 0 Å². The first-order chi connectivity index (χ1) is 13.3. The van der Waals surface area contributed by atoms with Gasteiger partial charge in [-0.15, -0.1) is 0 Å². The number of aromatic nitrogens is 2. The molecular weight excluding hydrogens is 375 g/mol. The predicted molar refractivity (Wildman–Crippen MR) is 93.6 cm³/mol. The number of anilines is 1. The second-order valence-corrected chi connectivity index (χ2v) is 6.24. The maximum atomic E-state index is 13.0. The minimum Gasteiger partial charge on any atom is -0.465 e. The van der Waals surface area contributed by atoms with Gasteiger partial charge in [-0.2, -0.15) is 18.4 Å². The lowest BCUT2D eigenvalue weighted by molar-refractivity contribution is -0.137. The van der Waals surface area contributed by atoms with Crippen molar-refractivity contribution < 1.29 is 23.1 Å². The average molecular weight is 391 g/mol. The summed E-state index contributed by atoms with van der Waals surface area (Å²) >= 11 is 0. The van der Waals surface area contributed by atoms with Crippen molar-refractivity contribution in [3.05, 3.63) is 41.7 Å². The highest BCUT2D eigenvalue weighted by Crippen LogP contribution is 2.32. The molecule has 2 aromatic rings. The number of hydrogen-bond donors (Lipinski definition) is 1. The Bertz CT molecular complexity index is 926. The molecule has 0 saturated carbocycles. The van der Waals surface area contributed by atoms with Crippen LogP contribution in [0.3, 0.4) is 0 Å². The van der Waals surface area contributed by atoms with E-state index in [4.69, 9.17) is 5.11 Å². The van der Waals surface area contributed by atoms with Crippen LogP contribution in [0.15, 0.2) is 30.3 Å². The number of nitriles is 1. The van der Waals surface area contributed by atoms with Crippen molar-refractivity contribution in [1.82, 2.24) is 14.9 Å². The minimum absolute atomic E-state index is 0.163. The van der Waals surface area contributed by atoms with Crippen LogP contribution in [-0.2, 0) is 6.18 Å². The fourth-order valence-electron chi connectivity index (χ4n) is 2.99. The summed E-state index contributed by atoms with van der Waals surface area (Å²) in [4.78, 5) is 22.4. The number of carboxylic acid groups (broad SMARTS) is 1. The van der Waals surface area contributed by atoms with Gasteiger partial charge in [0.1, 0.15) is 11.9 Å². The van der Waals surface area contributed by atoms with E-state index in [1.807, 2.05) is 11.0 Å². The summed E-state index contributed by atoms with van der Waals surface area (Å²) in [6.07, 6.45) is -4.93. The molecule has 0 aliphatic carbocycles. The fourth-order valence-corrected chi connectivity index (χ4v) is 2.99. The molecule has 0 radical (unpaired) electrons. The predicted octanol–water partition coefficient (Wildman–Crippen LogP) is 3.22. The molecule has 0 bridgehead atoms. The lowest BCUT2D eigenvalue weighted by Crippen LogP contribution is -2.34. The topological polar surface area (TPSA) is 93.4 Å². The number of halogens is 3. The van der Waals surface area contributed by atoms with Crippen molar-refractivity contribution in [2.24, 2.45) is 0 Å². The molecule has 28 heavy (non-hydrogen) atoms. The minimum atomic E-state index is -4.49. The molecule has 7 nitrogen and oxygen atoms in total. The molecule has 1 saturated heterocycles. The molecule has 3 rings (SSSR count). The van der Waals surface area contributed by atoms with E-state index in [9.17, 15) is 23.2 Å². The molecule has 0 atom stereocenters. The first kappa shape index (κ1) is 19.4. The molecule has 1 amide bonds. The Morgan fingerprint density at radius 2 is 1.93 bits per heavy atom. The third-order valence-corrected chi connectivity index (χ3v) is 4.39. The molecule has 1 aromatic heterocycles. The van der Waals surface area contributed by atoms with Gasteiger partial charge in [0.2, 0.25) is 5.82 Å². The highest BCUT2D eigenvalue weighted by atomic mass is 19.4. The molecule has 1 aromatic carbocycles. The zero-order chi connectivity index (χ0) is 20.3. The summed E-state index contributed by atoms with van der Waals surface area (Å²) < 4.78 is 39.0. The molecule has 1 aliphatic heterocycles. The Morgan fingerprint density at radius 1 is 1.14 bits per heavy atom. The number of hydrogen-bond acceptors (Lipinski definition) is 5. The molecule has 0 spiro atoms. The van der Waals surface area contributed by atoms with Crippen LogP contribution < -0.4 is 4.90 Å². The van der Waals surface area contributed by atoms with E-state index in [2.05, 4.69) is 9.97 Å². The van der Waals surface area contributed by atoms with Crippen LogP contribution in [0, 0.1) is 11.3 Å². The van der Waals surface area contributed by atoms with Gasteiger partial charge in [-0.1, -0.05) is 12.1 Å². The van der Waals surface area contributed by atoms with Gasteiger partial charge >= 0.3 is 12.3 Å². The summed E-state index contributed by atoms with van der Waals surface area (Å²) in [6, 6.07) is 8.05. The molecule has 1 N–H and O–H groups in total. The number of amides is 1. The lowest BCUT2D eigenvalue weighted by Gasteiger charge is -2.22. The number of carbonyl (C=O) groups is 1. The van der Waals surface area contributed by atoms with Crippen molar-refractivity contribution in [1.29, 1.82) is 5.26 Å². The largest absolute Gasteiger partial charge is 0.465 e. The summed E-state index contributed by atoms with van der Waals surface area (Å²) in [5.41, 5.74) is -0.389. The Kier molecular flexibility index (Phi) is 5.35. The first-order valence-corrected chi connectivity index (χ1v) is 8.47. The van der Waals surface area contributed by atoms with E-state index in [1.54, 1.807) is 0 Å². The Morgan fingerprint density at radius 3 is 2.61 bits per heavy atom. The van der Waals surface area contributed by atoms with E-state index in [0.717, 1.165) is 12.1 Å². The lowest BCUT2D eigenvalue weighted by atomic mass is 10.1. The van der Waals surface area contributed by atoms with Gasteiger partial charge in [0, 0.05) is 37.8 Å². The molecule has 1 aliphatic rings. The van der Waals surface area contributed by atoms with E-state index in [-0.39, 0.29) is 23.6 Å². The number of benzene rings is 1. The molecule has 146 valence electrons. The van der Waals surface area contributed by atoms with E-state index >= 15 is 0 Å². The molecule has 10 heteroatoms. The standard InChI is InChI=1S/C18H16F3N5O2/c19-18(20,21)13-4-1-3-12(9-13)14-10-16(24-15(11-22)23-14)25-5-2-6-26(8-7-25)17(27)28/h1,3-4,9-10H,2,5-8H2,(H,27,28). The van der Waals surface area contributed by atoms with Crippen molar-refractivity contribution in [2.45, 2.75) is 12.6 Å². The van der Waals surface area contributed by atoms with Gasteiger partial charge in [0.25, 0.3) is 0 Å². The van der Waals surface area contributed by atoms with Crippen molar-refractivity contribution in [2.75, 3.05) is 31.1 Å². The van der Waals surface area contributed by atoms with Crippen LogP contribution in [0.1, 0.15) is 17.8 Å². The molecule has 2 heterocycles. The van der Waals surface area contributed by atoms with Crippen molar-refractivity contribution in [3.63, 3.8) is 0 Å². The smallest absolute Gasteiger partial charge is 0.416 e. The van der Waals surface area contributed by atoms with Gasteiger partial charge in [-0.25, -0.2) is 14.8 Å². The SMILES string of the molecule is N#Cc1nc(-c2cccc(C(F)(F)F)c2)cc(N2CCCN(C(=O)O)CC2)n1. The third kappa shape index (κ3) is 4.31. The fraction of sp³-hybridized carbons (Fsp3) is 0.333. The van der Waals surface area contributed by atoms with Crippen LogP contribution >= 0.6 is 0 Å². The van der Waals surface area contributed by atoms with Crippen LogP contribution in [0.25, 0.3) is 11.3 Å². The zero-order valence-corrected chi connectivity index (χ0v) is 14.6. The number of alkyl halides is 3. The van der Waals surface area contributed by atoms with Crippen LogP contribution in [0.5, 0.6) is 0 Å². The maximum absolute atomic E-state index is 13.0. The van der Waals surface area contributed by atoms with Gasteiger partial charge in [-0.05, 0) is 18.6 Å². The summed E-state index contributed by atoms with van der Waals surface area (Å²) in [6.45, 7) is 1.51. The van der Waals surface area contributed by atoms with Crippen LogP contribution in [0.4, 0.5) is 23.8 Å². The Labute approximate surface area is 158 Å². The molecule has 1 fully saturated rings. The summed E-state index contributed by atoms with van der Waals surface area (Å²) in [7, 11) is 0. The quantitative estimate of drug-likeness (QED) is 0.845. The van der Waals surface area contributed by atoms with E-state index in [0.29, 0.717) is 31.9 Å². The first-order valence-electron chi connectivity index (χ1n) is 8.47. The second-order valence-electron chi connectivity index (χ2n) is 6.24.